The van der Waals surface area contributed by atoms with Gasteiger partial charge in [-0.15, -0.1) is 18.3 Å². The molecule has 3 aliphatic heterocycles. The average molecular weight is 579 g/mol. The number of hydrogen-bond acceptors (Lipinski definition) is 7. The molecule has 1 aromatic carbocycles. The van der Waals surface area contributed by atoms with Gasteiger partial charge in [-0.05, 0) is 44.7 Å². The molecule has 2 bridgehead atoms. The van der Waals surface area contributed by atoms with Crippen LogP contribution in [0.15, 0.2) is 49.6 Å². The number of amides is 3. The second-order valence-corrected chi connectivity index (χ2v) is 11.8. The van der Waals surface area contributed by atoms with Crippen molar-refractivity contribution in [1.82, 2.24) is 29.7 Å². The Morgan fingerprint density at radius 3 is 2.55 bits per heavy atom. The molecule has 11 nitrogen and oxygen atoms in total. The van der Waals surface area contributed by atoms with Gasteiger partial charge >= 0.3 is 0 Å². The second-order valence-electron chi connectivity index (χ2n) is 11.8. The highest BCUT2D eigenvalue weighted by Crippen LogP contribution is 2.65. The average Bonchev–Trinajstić information content (AvgIpc) is 3.73. The van der Waals surface area contributed by atoms with Crippen molar-refractivity contribution in [2.24, 2.45) is 11.8 Å². The van der Waals surface area contributed by atoms with E-state index in [1.165, 1.54) is 4.90 Å². The number of aromatic nitrogens is 3. The molecule has 0 saturated carbocycles. The first-order valence-electron chi connectivity index (χ1n) is 14.9. The van der Waals surface area contributed by atoms with Crippen LogP contribution in [0.5, 0.6) is 0 Å². The lowest BCUT2D eigenvalue weighted by Crippen LogP contribution is -2.58. The molecule has 11 heteroatoms. The number of likely N-dealkylation sites (tertiary alicyclic amines) is 1. The summed E-state index contributed by atoms with van der Waals surface area (Å²) in [6.07, 6.45) is 5.67. The summed E-state index contributed by atoms with van der Waals surface area (Å²) in [4.78, 5) is 48.1. The predicted molar refractivity (Wildman–Crippen MR) is 157 cm³/mol. The zero-order valence-corrected chi connectivity index (χ0v) is 24.8. The normalized spacial score (nSPS) is 28.6. The zero-order valence-electron chi connectivity index (χ0n) is 24.8. The van der Waals surface area contributed by atoms with E-state index < -0.39 is 35.1 Å². The van der Waals surface area contributed by atoms with Crippen LogP contribution in [-0.2, 0) is 25.8 Å². The van der Waals surface area contributed by atoms with Crippen molar-refractivity contribution in [3.8, 4) is 0 Å². The van der Waals surface area contributed by atoms with Gasteiger partial charge in [0.05, 0.1) is 35.6 Å². The molecule has 1 N–H and O–H groups in total. The minimum atomic E-state index is -1.19. The SMILES string of the molecule is C=CCN(Cn1nnc2ccccc21)C(=O)C1N([C@H](C)CO)C(=O)[C@@H]2[C@@H](C(=O)N(CC=C)CCC)[C@@]3(CC)CCC12O3. The van der Waals surface area contributed by atoms with E-state index in [0.29, 0.717) is 37.9 Å². The molecule has 2 unspecified atom stereocenters. The largest absolute Gasteiger partial charge is 0.394 e. The second kappa shape index (κ2) is 11.6. The van der Waals surface area contributed by atoms with Gasteiger partial charge in [-0.2, -0.15) is 0 Å². The minimum absolute atomic E-state index is 0.0864. The Bertz CT molecular complexity index is 1380. The highest BCUT2D eigenvalue weighted by molar-refractivity contribution is 5.99. The van der Waals surface area contributed by atoms with Crippen LogP contribution in [0.25, 0.3) is 11.0 Å². The molecule has 5 rings (SSSR count). The number of benzene rings is 1. The summed E-state index contributed by atoms with van der Waals surface area (Å²) in [5.74, 6) is -2.34. The fourth-order valence-electron chi connectivity index (χ4n) is 7.52. The van der Waals surface area contributed by atoms with Gasteiger partial charge in [0.1, 0.15) is 23.8 Å². The van der Waals surface area contributed by atoms with Crippen molar-refractivity contribution < 1.29 is 24.2 Å². The third kappa shape index (κ3) is 4.44. The molecule has 4 heterocycles. The maximum atomic E-state index is 14.7. The summed E-state index contributed by atoms with van der Waals surface area (Å²) in [7, 11) is 0. The van der Waals surface area contributed by atoms with Gasteiger partial charge in [0.2, 0.25) is 17.7 Å². The van der Waals surface area contributed by atoms with Crippen LogP contribution in [0.1, 0.15) is 46.5 Å². The summed E-state index contributed by atoms with van der Waals surface area (Å²) in [6.45, 7) is 14.3. The van der Waals surface area contributed by atoms with Crippen LogP contribution in [0.3, 0.4) is 0 Å². The molecular weight excluding hydrogens is 536 g/mol. The van der Waals surface area contributed by atoms with E-state index in [-0.39, 0.29) is 37.5 Å². The summed E-state index contributed by atoms with van der Waals surface area (Å²) in [6, 6.07) is 5.82. The highest BCUT2D eigenvalue weighted by Gasteiger charge is 2.79. The minimum Gasteiger partial charge on any atom is -0.394 e. The van der Waals surface area contributed by atoms with Crippen LogP contribution in [0.2, 0.25) is 0 Å². The fourth-order valence-corrected chi connectivity index (χ4v) is 7.52. The number of nitrogens with zero attached hydrogens (tertiary/aromatic N) is 6. The van der Waals surface area contributed by atoms with Crippen molar-refractivity contribution in [2.45, 2.75) is 76.4 Å². The van der Waals surface area contributed by atoms with Gasteiger partial charge in [-0.1, -0.05) is 43.3 Å². The molecule has 1 aromatic heterocycles. The van der Waals surface area contributed by atoms with E-state index >= 15 is 0 Å². The number of fused-ring (bicyclic) bond motifs is 2. The Kier molecular flexibility index (Phi) is 8.26. The lowest BCUT2D eigenvalue weighted by molar-refractivity contribution is -0.158. The summed E-state index contributed by atoms with van der Waals surface area (Å²) in [5, 5.41) is 18.7. The summed E-state index contributed by atoms with van der Waals surface area (Å²) >= 11 is 0. The first kappa shape index (κ1) is 29.9. The zero-order chi connectivity index (χ0) is 30.2. The smallest absolute Gasteiger partial charge is 0.250 e. The Labute approximate surface area is 246 Å². The van der Waals surface area contributed by atoms with Crippen LogP contribution < -0.4 is 0 Å². The van der Waals surface area contributed by atoms with E-state index in [9.17, 15) is 19.5 Å². The van der Waals surface area contributed by atoms with Gasteiger partial charge in [0.25, 0.3) is 0 Å². The number of hydrogen-bond donors (Lipinski definition) is 1. The van der Waals surface area contributed by atoms with Gasteiger partial charge in [-0.25, -0.2) is 4.68 Å². The van der Waals surface area contributed by atoms with Crippen molar-refractivity contribution >= 4 is 28.8 Å². The highest BCUT2D eigenvalue weighted by atomic mass is 16.5. The molecule has 2 aromatic rings. The number of carbonyl (C=O) groups excluding carboxylic acids is 3. The quantitative estimate of drug-likeness (QED) is 0.362. The lowest BCUT2D eigenvalue weighted by atomic mass is 9.64. The molecule has 1 spiro atoms. The molecule has 3 fully saturated rings. The fraction of sp³-hybridized carbons (Fsp3) is 0.581. The third-order valence-electron chi connectivity index (χ3n) is 9.40. The van der Waals surface area contributed by atoms with Gasteiger partial charge in [0.15, 0.2) is 0 Å². The van der Waals surface area contributed by atoms with E-state index in [0.717, 1.165) is 11.9 Å². The maximum Gasteiger partial charge on any atom is 0.250 e. The standard InChI is InChI=1S/C31H42N6O5/c1-6-16-34(17-7-2)27(39)24-25-28(40)37(21(5)19-38)26(31(25)15-14-30(24,9-4)42-31)29(41)35(18-8-3)20-36-23-13-11-10-12-22(23)32-33-36/h6,8,10-13,21,24-26,38H,1,3,7,9,14-20H2,2,4-5H3/t21-,24+,25+,26?,30-,31?/m1/s1. The molecule has 3 aliphatic rings. The molecule has 0 radical (unpaired) electrons. The van der Waals surface area contributed by atoms with Crippen LogP contribution >= 0.6 is 0 Å². The molecule has 0 aliphatic carbocycles. The molecular formula is C31H42N6O5. The van der Waals surface area contributed by atoms with Gasteiger partial charge < -0.3 is 24.5 Å². The number of carbonyl (C=O) groups is 3. The topological polar surface area (TPSA) is 121 Å². The van der Waals surface area contributed by atoms with Crippen LogP contribution in [0, 0.1) is 11.8 Å². The number of rotatable bonds is 13. The van der Waals surface area contributed by atoms with Crippen LogP contribution in [-0.4, -0.2) is 102 Å². The summed E-state index contributed by atoms with van der Waals surface area (Å²) in [5.41, 5.74) is -0.563. The van der Waals surface area contributed by atoms with E-state index in [1.54, 1.807) is 33.6 Å². The van der Waals surface area contributed by atoms with Crippen molar-refractivity contribution in [1.29, 1.82) is 0 Å². The Balaban J connectivity index is 1.57. The Hall–Kier alpha value is -3.57. The summed E-state index contributed by atoms with van der Waals surface area (Å²) < 4.78 is 8.54. The van der Waals surface area contributed by atoms with E-state index in [1.807, 2.05) is 38.1 Å². The van der Waals surface area contributed by atoms with E-state index in [4.69, 9.17) is 4.74 Å². The molecule has 3 saturated heterocycles. The number of ether oxygens (including phenoxy) is 1. The molecule has 42 heavy (non-hydrogen) atoms. The van der Waals surface area contributed by atoms with Gasteiger partial charge in [0, 0.05) is 19.6 Å². The van der Waals surface area contributed by atoms with Gasteiger partial charge in [-0.3, -0.25) is 14.4 Å². The third-order valence-corrected chi connectivity index (χ3v) is 9.40. The number of aliphatic hydroxyl groups excluding tert-OH is 1. The molecule has 226 valence electrons. The van der Waals surface area contributed by atoms with Crippen molar-refractivity contribution in [3.05, 3.63) is 49.6 Å². The number of aliphatic hydroxyl groups is 1. The van der Waals surface area contributed by atoms with E-state index in [2.05, 4.69) is 23.5 Å². The maximum absolute atomic E-state index is 14.7. The predicted octanol–water partition coefficient (Wildman–Crippen LogP) is 2.36. The van der Waals surface area contributed by atoms with Crippen LogP contribution in [0.4, 0.5) is 0 Å². The Morgan fingerprint density at radius 1 is 1.17 bits per heavy atom. The van der Waals surface area contributed by atoms with Crippen molar-refractivity contribution in [3.63, 3.8) is 0 Å². The molecule has 3 amide bonds. The Morgan fingerprint density at radius 2 is 1.88 bits per heavy atom. The van der Waals surface area contributed by atoms with Crippen molar-refractivity contribution in [2.75, 3.05) is 26.2 Å². The molecule has 6 atom stereocenters. The lowest BCUT2D eigenvalue weighted by Gasteiger charge is -2.38. The number of para-hydroxylation sites is 1. The first-order valence-corrected chi connectivity index (χ1v) is 14.9. The monoisotopic (exact) mass is 578 g/mol. The first-order chi connectivity index (χ1) is 20.2.